The van der Waals surface area contributed by atoms with Crippen LogP contribution in [0.15, 0.2) is 53.0 Å². The van der Waals surface area contributed by atoms with Crippen molar-refractivity contribution < 1.29 is 0 Å². The lowest BCUT2D eigenvalue weighted by molar-refractivity contribution is 0.916. The Hall–Kier alpha value is -1.81. The van der Waals surface area contributed by atoms with E-state index in [9.17, 15) is 0 Å². The van der Waals surface area contributed by atoms with Crippen LogP contribution in [0.2, 0.25) is 0 Å². The molecule has 4 heteroatoms. The molecule has 98 valence electrons. The average Bonchev–Trinajstić information content (AvgIpc) is 2.41. The van der Waals surface area contributed by atoms with Crippen LogP contribution in [0.25, 0.3) is 0 Å². The molecule has 0 saturated carbocycles. The predicted molar refractivity (Wildman–Crippen MR) is 83.7 cm³/mol. The van der Waals surface area contributed by atoms with Crippen molar-refractivity contribution in [2.75, 3.05) is 11.9 Å². The fourth-order valence-electron chi connectivity index (χ4n) is 2.00. The maximum atomic E-state index is 7.63. The molecule has 19 heavy (non-hydrogen) atoms. The summed E-state index contributed by atoms with van der Waals surface area (Å²) in [6.45, 7) is 0.756. The van der Waals surface area contributed by atoms with Gasteiger partial charge in [-0.15, -0.1) is 0 Å². The number of nitrogen functional groups attached to an aromatic ring is 1. The van der Waals surface area contributed by atoms with Gasteiger partial charge in [-0.3, -0.25) is 5.41 Å². The molecule has 0 aliphatic heterocycles. The smallest absolute Gasteiger partial charge is 0.124 e. The molecule has 0 radical (unpaired) electrons. The van der Waals surface area contributed by atoms with Gasteiger partial charge in [0, 0.05) is 29.3 Å². The lowest BCUT2D eigenvalue weighted by atomic mass is 10.1. The van der Waals surface area contributed by atoms with Crippen molar-refractivity contribution in [3.05, 3.63) is 64.1 Å². The summed E-state index contributed by atoms with van der Waals surface area (Å²) in [5.74, 6) is 0.0922. The fraction of sp³-hybridized carbons (Fsp3) is 0.133. The van der Waals surface area contributed by atoms with Crippen LogP contribution in [0.1, 0.15) is 11.1 Å². The maximum Gasteiger partial charge on any atom is 0.124 e. The first-order valence-corrected chi connectivity index (χ1v) is 6.77. The molecule has 0 bridgehead atoms. The van der Waals surface area contributed by atoms with Crippen molar-refractivity contribution >= 4 is 27.5 Å². The Morgan fingerprint density at radius 2 is 1.79 bits per heavy atom. The molecule has 0 atom stereocenters. The van der Waals surface area contributed by atoms with Crippen LogP contribution in [0.4, 0.5) is 5.69 Å². The standard InChI is InChI=1S/C15H16BrN3/c1-19(10-11-6-2-4-8-13(11)16)14-9-5-3-7-12(14)15(17)18/h2-9H,10H2,1H3,(H3,17,18). The van der Waals surface area contributed by atoms with Gasteiger partial charge in [0.05, 0.1) is 0 Å². The van der Waals surface area contributed by atoms with E-state index >= 15 is 0 Å². The molecule has 0 aliphatic carbocycles. The highest BCUT2D eigenvalue weighted by molar-refractivity contribution is 9.10. The quantitative estimate of drug-likeness (QED) is 0.671. The van der Waals surface area contributed by atoms with Crippen molar-refractivity contribution in [1.82, 2.24) is 0 Å². The minimum Gasteiger partial charge on any atom is -0.384 e. The highest BCUT2D eigenvalue weighted by Crippen LogP contribution is 2.23. The molecule has 0 fully saturated rings. The van der Waals surface area contributed by atoms with Gasteiger partial charge in [0.2, 0.25) is 0 Å². The van der Waals surface area contributed by atoms with Crippen LogP contribution in [-0.4, -0.2) is 12.9 Å². The van der Waals surface area contributed by atoms with Gasteiger partial charge in [-0.25, -0.2) is 0 Å². The molecule has 3 nitrogen and oxygen atoms in total. The fourth-order valence-corrected chi connectivity index (χ4v) is 2.41. The first-order valence-electron chi connectivity index (χ1n) is 5.97. The number of hydrogen-bond donors (Lipinski definition) is 2. The second-order valence-corrected chi connectivity index (χ2v) is 5.23. The molecule has 2 aromatic carbocycles. The Bertz CT molecular complexity index is 595. The minimum absolute atomic E-state index is 0.0922. The Morgan fingerprint density at radius 3 is 2.47 bits per heavy atom. The Kier molecular flexibility index (Phi) is 4.22. The van der Waals surface area contributed by atoms with Gasteiger partial charge in [-0.1, -0.05) is 46.3 Å². The maximum absolute atomic E-state index is 7.63. The van der Waals surface area contributed by atoms with Crippen LogP contribution in [-0.2, 0) is 6.54 Å². The van der Waals surface area contributed by atoms with Gasteiger partial charge >= 0.3 is 0 Å². The second kappa shape index (κ2) is 5.89. The molecule has 2 rings (SSSR count). The Balaban J connectivity index is 2.28. The molecule has 0 aromatic heterocycles. The van der Waals surface area contributed by atoms with E-state index in [-0.39, 0.29) is 5.84 Å². The zero-order chi connectivity index (χ0) is 13.8. The molecule has 3 N–H and O–H groups in total. The number of hydrogen-bond acceptors (Lipinski definition) is 2. The highest BCUT2D eigenvalue weighted by Gasteiger charge is 2.10. The summed E-state index contributed by atoms with van der Waals surface area (Å²) in [6, 6.07) is 15.8. The van der Waals surface area contributed by atoms with Crippen LogP contribution in [0, 0.1) is 5.41 Å². The summed E-state index contributed by atoms with van der Waals surface area (Å²) in [7, 11) is 2.00. The molecule has 0 saturated heterocycles. The van der Waals surface area contributed by atoms with E-state index in [2.05, 4.69) is 26.9 Å². The van der Waals surface area contributed by atoms with E-state index in [1.807, 2.05) is 49.5 Å². The number of benzene rings is 2. The zero-order valence-corrected chi connectivity index (χ0v) is 12.3. The summed E-state index contributed by atoms with van der Waals surface area (Å²) in [4.78, 5) is 2.09. The summed E-state index contributed by atoms with van der Waals surface area (Å²) in [5.41, 5.74) is 8.55. The third-order valence-corrected chi connectivity index (χ3v) is 3.74. The van der Waals surface area contributed by atoms with Gasteiger partial charge in [0.15, 0.2) is 0 Å². The lowest BCUT2D eigenvalue weighted by Gasteiger charge is -2.22. The van der Waals surface area contributed by atoms with E-state index in [0.717, 1.165) is 22.3 Å². The normalized spacial score (nSPS) is 10.2. The van der Waals surface area contributed by atoms with E-state index in [0.29, 0.717) is 0 Å². The van der Waals surface area contributed by atoms with E-state index in [1.54, 1.807) is 0 Å². The van der Waals surface area contributed by atoms with Crippen LogP contribution >= 0.6 is 15.9 Å². The summed E-state index contributed by atoms with van der Waals surface area (Å²) < 4.78 is 1.09. The van der Waals surface area contributed by atoms with E-state index < -0.39 is 0 Å². The van der Waals surface area contributed by atoms with E-state index in [1.165, 1.54) is 5.56 Å². The zero-order valence-electron chi connectivity index (χ0n) is 10.7. The number of amidine groups is 1. The number of halogens is 1. The topological polar surface area (TPSA) is 53.1 Å². The predicted octanol–water partition coefficient (Wildman–Crippen LogP) is 3.37. The minimum atomic E-state index is 0.0922. The van der Waals surface area contributed by atoms with Gasteiger partial charge in [0.1, 0.15) is 5.84 Å². The first-order chi connectivity index (χ1) is 9.09. The molecule has 0 unspecified atom stereocenters. The number of nitrogens with two attached hydrogens (primary N) is 1. The van der Waals surface area contributed by atoms with Gasteiger partial charge in [-0.05, 0) is 23.8 Å². The lowest BCUT2D eigenvalue weighted by Crippen LogP contribution is -2.22. The van der Waals surface area contributed by atoms with Crippen molar-refractivity contribution in [3.8, 4) is 0 Å². The molecule has 0 heterocycles. The number of nitrogens with one attached hydrogen (secondary N) is 1. The van der Waals surface area contributed by atoms with Crippen molar-refractivity contribution in [2.45, 2.75) is 6.54 Å². The molecule has 0 spiro atoms. The number of nitrogens with zero attached hydrogens (tertiary/aromatic N) is 1. The molecule has 0 aliphatic rings. The second-order valence-electron chi connectivity index (χ2n) is 4.38. The molecule has 2 aromatic rings. The first kappa shape index (κ1) is 13.6. The van der Waals surface area contributed by atoms with Crippen molar-refractivity contribution in [1.29, 1.82) is 5.41 Å². The van der Waals surface area contributed by atoms with E-state index in [4.69, 9.17) is 11.1 Å². The third kappa shape index (κ3) is 3.15. The van der Waals surface area contributed by atoms with Crippen molar-refractivity contribution in [2.24, 2.45) is 5.73 Å². The summed E-state index contributed by atoms with van der Waals surface area (Å²) >= 11 is 3.55. The Labute approximate surface area is 121 Å². The Morgan fingerprint density at radius 1 is 1.16 bits per heavy atom. The van der Waals surface area contributed by atoms with Crippen LogP contribution in [0.3, 0.4) is 0 Å². The molecule has 0 amide bonds. The highest BCUT2D eigenvalue weighted by atomic mass is 79.9. The molecular formula is C15H16BrN3. The van der Waals surface area contributed by atoms with Crippen LogP contribution < -0.4 is 10.6 Å². The van der Waals surface area contributed by atoms with Gasteiger partial charge in [-0.2, -0.15) is 0 Å². The number of rotatable bonds is 4. The largest absolute Gasteiger partial charge is 0.384 e. The van der Waals surface area contributed by atoms with Crippen molar-refractivity contribution in [3.63, 3.8) is 0 Å². The van der Waals surface area contributed by atoms with Gasteiger partial charge < -0.3 is 10.6 Å². The third-order valence-electron chi connectivity index (χ3n) is 2.97. The average molecular weight is 318 g/mol. The SMILES string of the molecule is CN(Cc1ccccc1Br)c1ccccc1C(=N)N. The molecular weight excluding hydrogens is 302 g/mol. The van der Waals surface area contributed by atoms with Crippen LogP contribution in [0.5, 0.6) is 0 Å². The number of para-hydroxylation sites is 1. The number of anilines is 1. The summed E-state index contributed by atoms with van der Waals surface area (Å²) in [5, 5.41) is 7.63. The monoisotopic (exact) mass is 317 g/mol. The van der Waals surface area contributed by atoms with Gasteiger partial charge in [0.25, 0.3) is 0 Å². The summed E-state index contributed by atoms with van der Waals surface area (Å²) in [6.07, 6.45) is 0.